The van der Waals surface area contributed by atoms with Gasteiger partial charge in [0.1, 0.15) is 23.0 Å². The van der Waals surface area contributed by atoms with Crippen LogP contribution in [0.15, 0.2) is 47.3 Å². The number of rotatable bonds is 4. The van der Waals surface area contributed by atoms with Crippen LogP contribution in [0.5, 0.6) is 0 Å². The van der Waals surface area contributed by atoms with Crippen molar-refractivity contribution in [2.45, 2.75) is 166 Å². The van der Waals surface area contributed by atoms with E-state index in [1.807, 2.05) is 166 Å². The maximum absolute atomic E-state index is 11.5. The van der Waals surface area contributed by atoms with Crippen LogP contribution < -0.4 is 0 Å². The number of carbonyl (C=O) groups is 4. The second-order valence-corrected chi connectivity index (χ2v) is 21.6. The molecule has 0 saturated carbocycles. The van der Waals surface area contributed by atoms with E-state index < -0.39 is 21.7 Å². The van der Waals surface area contributed by atoms with E-state index in [4.69, 9.17) is 0 Å². The summed E-state index contributed by atoms with van der Waals surface area (Å²) in [6.07, 6.45) is 5.33. The van der Waals surface area contributed by atoms with Crippen LogP contribution in [-0.4, -0.2) is 43.6 Å². The molecule has 0 unspecified atom stereocenters. The molecule has 0 saturated heterocycles. The Morgan fingerprint density at radius 3 is 0.415 bits per heavy atom. The van der Waals surface area contributed by atoms with Crippen LogP contribution >= 0.6 is 0 Å². The van der Waals surface area contributed by atoms with Crippen molar-refractivity contribution in [2.24, 2.45) is 43.3 Å². The number of aliphatic hydroxyl groups is 4. The third kappa shape index (κ3) is 29.7. The van der Waals surface area contributed by atoms with Gasteiger partial charge in [0.15, 0.2) is 23.1 Å². The van der Waals surface area contributed by atoms with E-state index in [1.165, 1.54) is 24.3 Å². The molecule has 4 N–H and O–H groups in total. The van der Waals surface area contributed by atoms with Crippen molar-refractivity contribution in [1.82, 2.24) is 0 Å². The van der Waals surface area contributed by atoms with Crippen LogP contribution in [0.25, 0.3) is 0 Å². The third-order valence-electron chi connectivity index (χ3n) is 7.10. The fraction of sp³-hybridized carbons (Fsp3) is 0.727. The molecule has 0 aromatic rings. The zero-order chi connectivity index (χ0) is 43.4. The van der Waals surface area contributed by atoms with Crippen LogP contribution in [0.4, 0.5) is 0 Å². The van der Waals surface area contributed by atoms with Crippen LogP contribution in [0.2, 0.25) is 0 Å². The quantitative estimate of drug-likeness (QED) is 0.162. The average molecular weight is 828 g/mol. The van der Waals surface area contributed by atoms with Crippen molar-refractivity contribution in [3.8, 4) is 0 Å². The Bertz CT molecular complexity index is 1110. The van der Waals surface area contributed by atoms with Gasteiger partial charge < -0.3 is 20.4 Å². The van der Waals surface area contributed by atoms with Gasteiger partial charge >= 0.3 is 0 Å². The van der Waals surface area contributed by atoms with Crippen molar-refractivity contribution in [2.75, 3.05) is 0 Å². The number of hydrogen-bond donors (Lipinski definition) is 4. The molecule has 0 aromatic heterocycles. The molecule has 0 radical (unpaired) electrons. The summed E-state index contributed by atoms with van der Waals surface area (Å²) in [7, 11) is 0. The van der Waals surface area contributed by atoms with Gasteiger partial charge in [0.05, 0.1) is 0 Å². The summed E-state index contributed by atoms with van der Waals surface area (Å²) in [5.41, 5.74) is -3.06. The first-order chi connectivity index (χ1) is 22.2. The zero-order valence-corrected chi connectivity index (χ0v) is 40.7. The SMILES string of the molecule is CC(C)(C)C(=O)/C=C(\O)C(C)(C)C.CC(C)(C)C(=O)/C=C(\O)C(C)(C)C.CC(C)(C)C(=O)/C=C(\O)C(C)(C)C.CC(C)(C)C(=O)/C=C(\O)C(C)(C)C.[Zr]. The summed E-state index contributed by atoms with van der Waals surface area (Å²) in [4.78, 5) is 45.9. The Kier molecular flexibility index (Phi) is 24.6. The molecule has 53 heavy (non-hydrogen) atoms. The van der Waals surface area contributed by atoms with Crippen LogP contribution in [-0.2, 0) is 45.4 Å². The van der Waals surface area contributed by atoms with E-state index in [2.05, 4.69) is 0 Å². The fourth-order valence-electron chi connectivity index (χ4n) is 2.23. The Balaban J connectivity index is -0.000000192. The Labute approximate surface area is 344 Å². The predicted octanol–water partition coefficient (Wildman–Crippen LogP) is 12.4. The summed E-state index contributed by atoms with van der Waals surface area (Å²) >= 11 is 0. The third-order valence-corrected chi connectivity index (χ3v) is 7.10. The molecule has 0 amide bonds. The zero-order valence-electron chi connectivity index (χ0n) is 38.2. The molecule has 9 heteroatoms. The van der Waals surface area contributed by atoms with Gasteiger partial charge in [0.2, 0.25) is 0 Å². The minimum Gasteiger partial charge on any atom is -0.512 e. The first-order valence-electron chi connectivity index (χ1n) is 18.0. The maximum Gasteiger partial charge on any atom is 0.164 e. The van der Waals surface area contributed by atoms with Gasteiger partial charge in [-0.15, -0.1) is 0 Å². The first-order valence-corrected chi connectivity index (χ1v) is 18.0. The molecule has 0 rings (SSSR count). The largest absolute Gasteiger partial charge is 0.512 e. The van der Waals surface area contributed by atoms with Gasteiger partial charge in [-0.05, 0) is 0 Å². The number of carbonyl (C=O) groups excluding carboxylic acids is 4. The van der Waals surface area contributed by atoms with Gasteiger partial charge in [0.25, 0.3) is 0 Å². The Morgan fingerprint density at radius 2 is 0.358 bits per heavy atom. The van der Waals surface area contributed by atoms with Crippen molar-refractivity contribution >= 4 is 23.1 Å². The number of ketones is 4. The molecular weight excluding hydrogens is 748 g/mol. The summed E-state index contributed by atoms with van der Waals surface area (Å²) < 4.78 is 0. The van der Waals surface area contributed by atoms with E-state index in [9.17, 15) is 39.6 Å². The molecule has 0 aliphatic rings. The molecule has 0 aromatic carbocycles. The smallest absolute Gasteiger partial charge is 0.164 e. The first kappa shape index (κ1) is 60.0. The summed E-state index contributed by atoms with van der Waals surface area (Å²) in [5.74, 6) is 0.416. The molecule has 0 spiro atoms. The molecule has 0 atom stereocenters. The van der Waals surface area contributed by atoms with Crippen molar-refractivity contribution < 1.29 is 65.8 Å². The second kappa shape index (κ2) is 21.7. The van der Waals surface area contributed by atoms with Gasteiger partial charge in [-0.3, -0.25) is 19.2 Å². The minimum absolute atomic E-state index is 0. The van der Waals surface area contributed by atoms with E-state index in [-0.39, 0.29) is 94.0 Å². The summed E-state index contributed by atoms with van der Waals surface area (Å²) in [6, 6.07) is 0. The van der Waals surface area contributed by atoms with Gasteiger partial charge in [0, 0.05) is 93.8 Å². The summed E-state index contributed by atoms with van der Waals surface area (Å²) in [5, 5.41) is 38.2. The molecule has 0 aliphatic heterocycles. The van der Waals surface area contributed by atoms with Crippen LogP contribution in [0.3, 0.4) is 0 Å². The number of allylic oxidation sites excluding steroid dienone is 8. The minimum atomic E-state index is -0.417. The summed E-state index contributed by atoms with van der Waals surface area (Å²) in [6.45, 7) is 44.5. The number of aliphatic hydroxyl groups excluding tert-OH is 4. The standard InChI is InChI=1S/4C11H20O2.Zr/c4*1-10(2,3)8(12)7-9(13)11(4,5)6;/h4*7,12H,1-6H3;/b4*8-7-;. The Morgan fingerprint density at radius 1 is 0.264 bits per heavy atom. The van der Waals surface area contributed by atoms with E-state index in [0.29, 0.717) is 0 Å². The Hall–Kier alpha value is -2.28. The van der Waals surface area contributed by atoms with Crippen molar-refractivity contribution in [3.63, 3.8) is 0 Å². The van der Waals surface area contributed by atoms with Gasteiger partial charge in [-0.2, -0.15) is 0 Å². The molecular formula is C44H80O8Zr. The molecule has 308 valence electrons. The molecule has 0 heterocycles. The van der Waals surface area contributed by atoms with Gasteiger partial charge in [-0.1, -0.05) is 166 Å². The molecule has 8 nitrogen and oxygen atoms in total. The molecule has 0 fully saturated rings. The van der Waals surface area contributed by atoms with Gasteiger partial charge in [-0.25, -0.2) is 0 Å². The monoisotopic (exact) mass is 826 g/mol. The molecule has 0 bridgehead atoms. The van der Waals surface area contributed by atoms with E-state index >= 15 is 0 Å². The van der Waals surface area contributed by atoms with E-state index in [1.54, 1.807) is 0 Å². The normalized spacial score (nSPS) is 14.2. The number of hydrogen-bond acceptors (Lipinski definition) is 8. The molecule has 0 aliphatic carbocycles. The van der Waals surface area contributed by atoms with Crippen LogP contribution in [0, 0.1) is 43.3 Å². The van der Waals surface area contributed by atoms with E-state index in [0.717, 1.165) is 0 Å². The van der Waals surface area contributed by atoms with Crippen molar-refractivity contribution in [3.05, 3.63) is 47.3 Å². The predicted molar refractivity (Wildman–Crippen MR) is 219 cm³/mol. The second-order valence-electron chi connectivity index (χ2n) is 21.6. The van der Waals surface area contributed by atoms with Crippen LogP contribution in [0.1, 0.15) is 166 Å². The topological polar surface area (TPSA) is 149 Å². The van der Waals surface area contributed by atoms with Crippen molar-refractivity contribution in [1.29, 1.82) is 0 Å². The average Bonchev–Trinajstić information content (AvgIpc) is 2.85. The maximum atomic E-state index is 11.5. The fourth-order valence-corrected chi connectivity index (χ4v) is 2.23.